The molecule has 0 amide bonds. The van der Waals surface area contributed by atoms with E-state index >= 15 is 0 Å². The highest BCUT2D eigenvalue weighted by Gasteiger charge is 2.48. The maximum absolute atomic E-state index is 6.34. The summed E-state index contributed by atoms with van der Waals surface area (Å²) in [4.78, 5) is 0. The lowest BCUT2D eigenvalue weighted by atomic mass is 9.88. The van der Waals surface area contributed by atoms with Crippen LogP contribution in [0.15, 0.2) is 12.2 Å². The Hall–Kier alpha value is -0.163. The predicted octanol–water partition coefficient (Wildman–Crippen LogP) is 3.47. The van der Waals surface area contributed by atoms with E-state index in [1.54, 1.807) is 0 Å². The van der Waals surface area contributed by atoms with Crippen LogP contribution in [0.1, 0.15) is 33.6 Å². The van der Waals surface area contributed by atoms with E-state index in [1.165, 1.54) is 0 Å². The minimum Gasteiger partial charge on any atom is -0.414 e. The summed E-state index contributed by atoms with van der Waals surface area (Å²) >= 11 is 0. The molecule has 1 saturated heterocycles. The zero-order chi connectivity index (χ0) is 13.4. The molecule has 0 radical (unpaired) electrons. The average molecular weight is 270 g/mol. The van der Waals surface area contributed by atoms with Crippen molar-refractivity contribution in [1.29, 1.82) is 0 Å². The minimum absolute atomic E-state index is 0.0796. The van der Waals surface area contributed by atoms with Crippen molar-refractivity contribution in [3.63, 3.8) is 0 Å². The monoisotopic (exact) mass is 270 g/mol. The summed E-state index contributed by atoms with van der Waals surface area (Å²) in [5.41, 5.74) is -0.232. The van der Waals surface area contributed by atoms with Gasteiger partial charge in [0.1, 0.15) is 18.5 Å². The van der Waals surface area contributed by atoms with Crippen LogP contribution in [0, 0.1) is 0 Å². The third kappa shape index (κ3) is 2.57. The molecule has 18 heavy (non-hydrogen) atoms. The maximum Gasteiger partial charge on any atom is 0.192 e. The molecule has 104 valence electrons. The Morgan fingerprint density at radius 2 is 2.11 bits per heavy atom. The summed E-state index contributed by atoms with van der Waals surface area (Å²) in [7, 11) is -1.71. The zero-order valence-corrected chi connectivity index (χ0v) is 13.3. The predicted molar refractivity (Wildman–Crippen MR) is 75.1 cm³/mol. The molecule has 0 saturated carbocycles. The molecule has 2 aliphatic rings. The third-order valence-electron chi connectivity index (χ3n) is 4.64. The van der Waals surface area contributed by atoms with Crippen molar-refractivity contribution in [2.45, 2.75) is 63.5 Å². The van der Waals surface area contributed by atoms with Crippen LogP contribution in [0.4, 0.5) is 0 Å². The lowest BCUT2D eigenvalue weighted by Gasteiger charge is -2.41. The number of ether oxygens (including phenoxy) is 2. The number of hydrogen-bond donors (Lipinski definition) is 0. The van der Waals surface area contributed by atoms with Gasteiger partial charge in [0.05, 0.1) is 6.61 Å². The van der Waals surface area contributed by atoms with Gasteiger partial charge in [-0.15, -0.1) is 0 Å². The van der Waals surface area contributed by atoms with Crippen molar-refractivity contribution in [3.05, 3.63) is 12.2 Å². The second-order valence-corrected chi connectivity index (χ2v) is 11.7. The second kappa shape index (κ2) is 4.74. The van der Waals surface area contributed by atoms with E-state index in [-0.39, 0.29) is 16.7 Å². The third-order valence-corrected chi connectivity index (χ3v) is 9.12. The molecule has 0 spiro atoms. The molecule has 1 aliphatic heterocycles. The SMILES string of the molecule is CC(C)(C)[Si](C)(C)OC[C@@]12CCC=C[C@@H]1OCO2. The van der Waals surface area contributed by atoms with Crippen LogP contribution >= 0.6 is 0 Å². The van der Waals surface area contributed by atoms with Crippen LogP contribution in [0.3, 0.4) is 0 Å². The Balaban J connectivity index is 2.03. The van der Waals surface area contributed by atoms with Crippen molar-refractivity contribution in [2.24, 2.45) is 0 Å². The first kappa shape index (κ1) is 14.3. The molecule has 0 aromatic heterocycles. The number of rotatable bonds is 3. The van der Waals surface area contributed by atoms with E-state index in [0.717, 1.165) is 12.8 Å². The highest BCUT2D eigenvalue weighted by Crippen LogP contribution is 2.40. The van der Waals surface area contributed by atoms with Crippen molar-refractivity contribution in [2.75, 3.05) is 13.4 Å². The van der Waals surface area contributed by atoms with Crippen LogP contribution in [0.25, 0.3) is 0 Å². The number of hydrogen-bond acceptors (Lipinski definition) is 3. The Morgan fingerprint density at radius 3 is 2.78 bits per heavy atom. The molecule has 0 aromatic rings. The van der Waals surface area contributed by atoms with Gasteiger partial charge in [0.25, 0.3) is 0 Å². The molecule has 1 aliphatic carbocycles. The van der Waals surface area contributed by atoms with Crippen LogP contribution < -0.4 is 0 Å². The van der Waals surface area contributed by atoms with Gasteiger partial charge in [-0.25, -0.2) is 0 Å². The normalized spacial score (nSPS) is 32.6. The van der Waals surface area contributed by atoms with Crippen molar-refractivity contribution in [1.82, 2.24) is 0 Å². The van der Waals surface area contributed by atoms with Crippen LogP contribution in [0.5, 0.6) is 0 Å². The minimum atomic E-state index is -1.71. The molecular formula is C14H26O3Si. The van der Waals surface area contributed by atoms with E-state index in [4.69, 9.17) is 13.9 Å². The smallest absolute Gasteiger partial charge is 0.192 e. The molecule has 0 aromatic carbocycles. The standard InChI is InChI=1S/C14H26O3Si/c1-13(2,3)18(4,5)17-10-14-9-7-6-8-12(14)15-11-16-14/h6,8,12H,7,9-11H2,1-5H3/t12-,14-/m0/s1. The molecule has 2 atom stereocenters. The van der Waals surface area contributed by atoms with Crippen molar-refractivity contribution in [3.8, 4) is 0 Å². The topological polar surface area (TPSA) is 27.7 Å². The van der Waals surface area contributed by atoms with Gasteiger partial charge >= 0.3 is 0 Å². The quantitative estimate of drug-likeness (QED) is 0.580. The first-order valence-electron chi connectivity index (χ1n) is 6.83. The first-order chi connectivity index (χ1) is 8.27. The number of allylic oxidation sites excluding steroid dienone is 1. The second-order valence-electron chi connectivity index (χ2n) is 6.93. The molecule has 2 rings (SSSR count). The fourth-order valence-electron chi connectivity index (χ4n) is 2.17. The van der Waals surface area contributed by atoms with E-state index < -0.39 is 8.32 Å². The zero-order valence-electron chi connectivity index (χ0n) is 12.3. The Kier molecular flexibility index (Phi) is 3.76. The summed E-state index contributed by atoms with van der Waals surface area (Å²) in [5.74, 6) is 0. The first-order valence-corrected chi connectivity index (χ1v) is 9.74. The highest BCUT2D eigenvalue weighted by molar-refractivity contribution is 6.74. The van der Waals surface area contributed by atoms with Gasteiger partial charge in [-0.05, 0) is 31.0 Å². The maximum atomic E-state index is 6.34. The molecule has 4 heteroatoms. The van der Waals surface area contributed by atoms with Gasteiger partial charge in [-0.3, -0.25) is 0 Å². The van der Waals surface area contributed by atoms with Gasteiger partial charge in [-0.2, -0.15) is 0 Å². The lowest BCUT2D eigenvalue weighted by Crippen LogP contribution is -2.50. The lowest BCUT2D eigenvalue weighted by molar-refractivity contribution is -0.0466. The van der Waals surface area contributed by atoms with Gasteiger partial charge in [-0.1, -0.05) is 32.9 Å². The highest BCUT2D eigenvalue weighted by atomic mass is 28.4. The van der Waals surface area contributed by atoms with Crippen LogP contribution in [-0.4, -0.2) is 33.4 Å². The summed E-state index contributed by atoms with van der Waals surface area (Å²) in [6, 6.07) is 0. The van der Waals surface area contributed by atoms with Gasteiger partial charge < -0.3 is 13.9 Å². The average Bonchev–Trinajstić information content (AvgIpc) is 2.69. The van der Waals surface area contributed by atoms with E-state index in [0.29, 0.717) is 13.4 Å². The Morgan fingerprint density at radius 1 is 1.39 bits per heavy atom. The summed E-state index contributed by atoms with van der Waals surface area (Å²) in [5, 5.41) is 0.239. The van der Waals surface area contributed by atoms with Crippen molar-refractivity contribution >= 4 is 8.32 Å². The summed E-state index contributed by atoms with van der Waals surface area (Å²) in [6.07, 6.45) is 6.45. The fraction of sp³-hybridized carbons (Fsp3) is 0.857. The summed E-state index contributed by atoms with van der Waals surface area (Å²) in [6.45, 7) is 12.4. The van der Waals surface area contributed by atoms with E-state index in [9.17, 15) is 0 Å². The molecular weight excluding hydrogens is 244 g/mol. The Bertz CT molecular complexity index is 332. The Labute approximate surface area is 112 Å². The van der Waals surface area contributed by atoms with Gasteiger partial charge in [0.2, 0.25) is 0 Å². The van der Waals surface area contributed by atoms with E-state index in [1.807, 2.05) is 0 Å². The van der Waals surface area contributed by atoms with E-state index in [2.05, 4.69) is 46.0 Å². The molecule has 1 fully saturated rings. The molecule has 3 nitrogen and oxygen atoms in total. The summed E-state index contributed by atoms with van der Waals surface area (Å²) < 4.78 is 17.9. The van der Waals surface area contributed by atoms with Gasteiger partial charge in [0.15, 0.2) is 8.32 Å². The molecule has 1 heterocycles. The van der Waals surface area contributed by atoms with Crippen molar-refractivity contribution < 1.29 is 13.9 Å². The van der Waals surface area contributed by atoms with Crippen LogP contribution in [-0.2, 0) is 13.9 Å². The molecule has 0 bridgehead atoms. The number of fused-ring (bicyclic) bond motifs is 1. The van der Waals surface area contributed by atoms with Crippen LogP contribution in [0.2, 0.25) is 18.1 Å². The molecule has 0 N–H and O–H groups in total. The van der Waals surface area contributed by atoms with Gasteiger partial charge in [0, 0.05) is 0 Å². The fourth-order valence-corrected chi connectivity index (χ4v) is 3.20. The largest absolute Gasteiger partial charge is 0.414 e. The molecule has 0 unspecified atom stereocenters.